The van der Waals surface area contributed by atoms with Gasteiger partial charge in [-0.25, -0.2) is 0 Å². The number of hydrogen-bond donors (Lipinski definition) is 0. The highest BCUT2D eigenvalue weighted by atomic mass is 14.6. The minimum atomic E-state index is 1.08. The molecule has 4 rings (SSSR count). The van der Waals surface area contributed by atoms with E-state index in [-0.39, 0.29) is 0 Å². The van der Waals surface area contributed by atoms with Crippen LogP contribution in [0.25, 0.3) is 21.7 Å². The minimum absolute atomic E-state index is 1.08. The number of aromatic nitrogens is 2. The molecule has 0 aliphatic heterocycles. The molecule has 0 N–H and O–H groups in total. The van der Waals surface area contributed by atoms with Gasteiger partial charge in [-0.15, -0.1) is 0 Å². The molecule has 0 saturated carbocycles. The van der Waals surface area contributed by atoms with E-state index in [4.69, 9.17) is 0 Å². The monoisotopic (exact) mass is 286 g/mol. The Morgan fingerprint density at radius 1 is 0.682 bits per heavy atom. The first-order chi connectivity index (χ1) is 10.7. The summed E-state index contributed by atoms with van der Waals surface area (Å²) in [5.74, 6) is 0. The first-order valence-electron chi connectivity index (χ1n) is 7.34. The van der Waals surface area contributed by atoms with Crippen molar-refractivity contribution < 1.29 is 0 Å². The highest BCUT2D eigenvalue weighted by Crippen LogP contribution is 2.13. The number of rotatable bonds is 0. The fraction of sp³-hybridized carbons (Fsp3) is 0.100. The summed E-state index contributed by atoms with van der Waals surface area (Å²) in [7, 11) is 0. The topological polar surface area (TPSA) is 25.8 Å². The molecule has 0 amide bonds. The van der Waals surface area contributed by atoms with Gasteiger partial charge in [-0.3, -0.25) is 9.97 Å². The van der Waals surface area contributed by atoms with Gasteiger partial charge in [0.1, 0.15) is 0 Å². The van der Waals surface area contributed by atoms with Crippen molar-refractivity contribution in [2.75, 3.05) is 0 Å². The molecule has 108 valence electrons. The Kier molecular flexibility index (Phi) is 4.10. The van der Waals surface area contributed by atoms with E-state index in [1.807, 2.05) is 30.7 Å². The second kappa shape index (κ2) is 6.35. The summed E-state index contributed by atoms with van der Waals surface area (Å²) < 4.78 is 0. The maximum atomic E-state index is 4.24. The van der Waals surface area contributed by atoms with E-state index in [1.165, 1.54) is 27.3 Å². The van der Waals surface area contributed by atoms with Crippen LogP contribution >= 0.6 is 0 Å². The van der Waals surface area contributed by atoms with Crippen LogP contribution in [-0.4, -0.2) is 9.97 Å². The highest BCUT2D eigenvalue weighted by Gasteiger charge is 1.91. The zero-order valence-corrected chi connectivity index (χ0v) is 12.8. The fourth-order valence-electron chi connectivity index (χ4n) is 2.38. The van der Waals surface area contributed by atoms with E-state index >= 15 is 0 Å². The van der Waals surface area contributed by atoms with Crippen LogP contribution in [0.3, 0.4) is 0 Å². The summed E-state index contributed by atoms with van der Waals surface area (Å²) in [5.41, 5.74) is 3.62. The van der Waals surface area contributed by atoms with Crippen molar-refractivity contribution in [2.24, 2.45) is 0 Å². The van der Waals surface area contributed by atoms with E-state index in [1.54, 1.807) is 0 Å². The van der Waals surface area contributed by atoms with E-state index < -0.39 is 0 Å². The molecule has 0 unspecified atom stereocenters. The van der Waals surface area contributed by atoms with Crippen LogP contribution in [0.2, 0.25) is 0 Å². The maximum Gasteiger partial charge on any atom is 0.0704 e. The summed E-state index contributed by atoms with van der Waals surface area (Å²) in [4.78, 5) is 8.30. The lowest BCUT2D eigenvalue weighted by molar-refractivity contribution is 1.36. The van der Waals surface area contributed by atoms with Gasteiger partial charge in [0, 0.05) is 29.4 Å². The first kappa shape index (κ1) is 14.2. The Balaban J connectivity index is 0.000000131. The molecule has 0 fully saturated rings. The van der Waals surface area contributed by atoms with Gasteiger partial charge in [-0.05, 0) is 49.1 Å². The van der Waals surface area contributed by atoms with Crippen LogP contribution in [-0.2, 0) is 0 Å². The van der Waals surface area contributed by atoms with Gasteiger partial charge in [0.15, 0.2) is 0 Å². The summed E-state index contributed by atoms with van der Waals surface area (Å²) in [5, 5.41) is 3.68. The van der Waals surface area contributed by atoms with Gasteiger partial charge in [-0.1, -0.05) is 35.9 Å². The minimum Gasteiger partial charge on any atom is -0.264 e. The molecule has 2 heteroatoms. The molecule has 2 aromatic heterocycles. The molecule has 0 aliphatic rings. The van der Waals surface area contributed by atoms with Gasteiger partial charge in [0.2, 0.25) is 0 Å². The van der Waals surface area contributed by atoms with Gasteiger partial charge >= 0.3 is 0 Å². The van der Waals surface area contributed by atoms with Crippen LogP contribution in [0, 0.1) is 13.8 Å². The van der Waals surface area contributed by atoms with E-state index in [0.717, 1.165) is 5.52 Å². The smallest absolute Gasteiger partial charge is 0.0704 e. The third-order valence-corrected chi connectivity index (χ3v) is 3.56. The lowest BCUT2D eigenvalue weighted by Gasteiger charge is -1.96. The standard InChI is InChI=1S/2C10H9N/c1-8-2-3-9-4-5-11-7-10(9)6-8;1-8-4-5-9-3-2-6-11-10(9)7-8/h2*2-7H,1H3. The van der Waals surface area contributed by atoms with Gasteiger partial charge in [0.25, 0.3) is 0 Å². The highest BCUT2D eigenvalue weighted by molar-refractivity contribution is 5.82. The average Bonchev–Trinajstić information content (AvgIpc) is 2.55. The van der Waals surface area contributed by atoms with Crippen LogP contribution in [0.15, 0.2) is 73.2 Å². The predicted octanol–water partition coefficient (Wildman–Crippen LogP) is 5.09. The molecule has 0 aliphatic carbocycles. The van der Waals surface area contributed by atoms with Crippen molar-refractivity contribution in [1.82, 2.24) is 9.97 Å². The Labute approximate surface area is 130 Å². The molecule has 22 heavy (non-hydrogen) atoms. The molecular weight excluding hydrogens is 268 g/mol. The molecule has 0 spiro atoms. The lowest BCUT2D eigenvalue weighted by atomic mass is 10.1. The van der Waals surface area contributed by atoms with Crippen molar-refractivity contribution in [2.45, 2.75) is 13.8 Å². The average molecular weight is 286 g/mol. The SMILES string of the molecule is Cc1ccc2cccnc2c1.Cc1ccc2ccncc2c1. The van der Waals surface area contributed by atoms with Crippen LogP contribution in [0.1, 0.15) is 11.1 Å². The maximum absolute atomic E-state index is 4.24. The van der Waals surface area contributed by atoms with Crippen molar-refractivity contribution >= 4 is 21.7 Å². The second-order valence-corrected chi connectivity index (χ2v) is 5.43. The van der Waals surface area contributed by atoms with E-state index in [0.29, 0.717) is 0 Å². The van der Waals surface area contributed by atoms with Crippen LogP contribution in [0.4, 0.5) is 0 Å². The normalized spacial score (nSPS) is 10.3. The number of hydrogen-bond acceptors (Lipinski definition) is 2. The van der Waals surface area contributed by atoms with Gasteiger partial charge in [-0.2, -0.15) is 0 Å². The summed E-state index contributed by atoms with van der Waals surface area (Å²) in [6.45, 7) is 4.17. The molecule has 2 aromatic carbocycles. The molecule has 0 saturated heterocycles. The molecule has 0 bridgehead atoms. The molecule has 4 aromatic rings. The van der Waals surface area contributed by atoms with E-state index in [9.17, 15) is 0 Å². The summed E-state index contributed by atoms with van der Waals surface area (Å²) >= 11 is 0. The van der Waals surface area contributed by atoms with Crippen LogP contribution in [0.5, 0.6) is 0 Å². The largest absolute Gasteiger partial charge is 0.264 e. The number of pyridine rings is 2. The Morgan fingerprint density at radius 3 is 2.32 bits per heavy atom. The van der Waals surface area contributed by atoms with Gasteiger partial charge < -0.3 is 0 Å². The number of aryl methyl sites for hydroxylation is 2. The summed E-state index contributed by atoms with van der Waals surface area (Å²) in [6, 6.07) is 18.7. The van der Waals surface area contributed by atoms with Crippen molar-refractivity contribution in [3.05, 3.63) is 84.3 Å². The third kappa shape index (κ3) is 3.29. The Morgan fingerprint density at radius 2 is 1.45 bits per heavy atom. The molecule has 2 nitrogen and oxygen atoms in total. The summed E-state index contributed by atoms with van der Waals surface area (Å²) in [6.07, 6.45) is 5.53. The van der Waals surface area contributed by atoms with Crippen LogP contribution < -0.4 is 0 Å². The first-order valence-corrected chi connectivity index (χ1v) is 7.34. The molecule has 0 atom stereocenters. The number of nitrogens with zero attached hydrogens (tertiary/aromatic N) is 2. The van der Waals surface area contributed by atoms with E-state index in [2.05, 4.69) is 66.3 Å². The third-order valence-electron chi connectivity index (χ3n) is 3.56. The van der Waals surface area contributed by atoms with Crippen molar-refractivity contribution in [3.63, 3.8) is 0 Å². The lowest BCUT2D eigenvalue weighted by Crippen LogP contribution is -1.77. The second-order valence-electron chi connectivity index (χ2n) is 5.43. The Hall–Kier alpha value is -2.74. The molecule has 2 heterocycles. The quantitative estimate of drug-likeness (QED) is 0.450. The molecule has 0 radical (unpaired) electrons. The number of fused-ring (bicyclic) bond motifs is 2. The number of benzene rings is 2. The zero-order chi connectivity index (χ0) is 15.4. The zero-order valence-electron chi connectivity index (χ0n) is 12.8. The van der Waals surface area contributed by atoms with Crippen molar-refractivity contribution in [1.29, 1.82) is 0 Å². The fourth-order valence-corrected chi connectivity index (χ4v) is 2.38. The predicted molar refractivity (Wildman–Crippen MR) is 93.0 cm³/mol. The Bertz CT molecular complexity index is 836. The molecular formula is C20H18N2. The van der Waals surface area contributed by atoms with Crippen molar-refractivity contribution in [3.8, 4) is 0 Å². The van der Waals surface area contributed by atoms with Gasteiger partial charge in [0.05, 0.1) is 5.52 Å².